The molecule has 0 heterocycles. The first-order chi connectivity index (χ1) is 11.1. The van der Waals surface area contributed by atoms with Gasteiger partial charge in [0.2, 0.25) is 0 Å². The van der Waals surface area contributed by atoms with Gasteiger partial charge in [-0.15, -0.1) is 0 Å². The Hall–Kier alpha value is -3.21. The van der Waals surface area contributed by atoms with Crippen LogP contribution < -0.4 is 5.43 Å². The van der Waals surface area contributed by atoms with Crippen LogP contribution >= 0.6 is 0 Å². The first-order valence-corrected chi connectivity index (χ1v) is 6.94. The van der Waals surface area contributed by atoms with Crippen LogP contribution in [0.15, 0.2) is 65.8 Å². The number of carbonyl (C=O) groups is 1. The number of hydrazone groups is 1. The first-order valence-electron chi connectivity index (χ1n) is 6.94. The number of hydrogen-bond acceptors (Lipinski definition) is 3. The maximum absolute atomic E-state index is 13.0. The summed E-state index contributed by atoms with van der Waals surface area (Å²) in [7, 11) is 0. The molecule has 3 aromatic carbocycles. The molecule has 0 bridgehead atoms. The smallest absolute Gasteiger partial charge is 0.275 e. The summed E-state index contributed by atoms with van der Waals surface area (Å²) in [6, 6.07) is 16.3. The fourth-order valence-electron chi connectivity index (χ4n) is 2.22. The molecule has 0 saturated carbocycles. The zero-order valence-electron chi connectivity index (χ0n) is 12.0. The molecule has 0 radical (unpaired) electrons. The van der Waals surface area contributed by atoms with E-state index in [0.717, 1.165) is 10.8 Å². The van der Waals surface area contributed by atoms with Crippen LogP contribution in [0.1, 0.15) is 15.9 Å². The van der Waals surface area contributed by atoms with Gasteiger partial charge in [0, 0.05) is 0 Å². The van der Waals surface area contributed by atoms with Crippen molar-refractivity contribution in [3.8, 4) is 5.75 Å². The summed E-state index contributed by atoms with van der Waals surface area (Å²) in [5, 5.41) is 15.4. The molecule has 3 rings (SSSR count). The molecule has 0 atom stereocenters. The van der Waals surface area contributed by atoms with Gasteiger partial charge in [0.05, 0.1) is 11.8 Å². The predicted octanol–water partition coefficient (Wildman–Crippen LogP) is 3.45. The third-order valence-corrected chi connectivity index (χ3v) is 3.34. The second-order valence-corrected chi connectivity index (χ2v) is 4.97. The number of hydrogen-bond donors (Lipinski definition) is 2. The lowest BCUT2D eigenvalue weighted by molar-refractivity contribution is 0.0952. The zero-order chi connectivity index (χ0) is 16.2. The lowest BCUT2D eigenvalue weighted by Gasteiger charge is -2.05. The number of aromatic hydroxyl groups is 1. The topological polar surface area (TPSA) is 61.7 Å². The Bertz CT molecular complexity index is 906. The number of phenols is 1. The fraction of sp³-hybridized carbons (Fsp3) is 0. The van der Waals surface area contributed by atoms with Gasteiger partial charge in [-0.2, -0.15) is 5.10 Å². The molecule has 4 nitrogen and oxygen atoms in total. The molecule has 5 heteroatoms. The molecule has 114 valence electrons. The SMILES string of the molecule is O=C(N/N=C\c1cccc(F)c1)c1cc2ccccc2cc1O. The van der Waals surface area contributed by atoms with Crippen molar-refractivity contribution in [1.82, 2.24) is 5.43 Å². The molecule has 0 unspecified atom stereocenters. The fourth-order valence-corrected chi connectivity index (χ4v) is 2.22. The standard InChI is InChI=1S/C18H13FN2O2/c19-15-7-3-4-12(8-15)11-20-21-18(23)16-9-13-5-1-2-6-14(13)10-17(16)22/h1-11,22H,(H,21,23)/b20-11-. The highest BCUT2D eigenvalue weighted by Gasteiger charge is 2.11. The summed E-state index contributed by atoms with van der Waals surface area (Å²) in [6.45, 7) is 0. The van der Waals surface area contributed by atoms with Gasteiger partial charge >= 0.3 is 0 Å². The van der Waals surface area contributed by atoms with E-state index in [2.05, 4.69) is 10.5 Å². The van der Waals surface area contributed by atoms with Crippen molar-refractivity contribution in [3.05, 3.63) is 77.6 Å². The van der Waals surface area contributed by atoms with Crippen LogP contribution in [0, 0.1) is 5.82 Å². The Morgan fingerprint density at radius 2 is 1.78 bits per heavy atom. The largest absolute Gasteiger partial charge is 0.507 e. The van der Waals surface area contributed by atoms with Crippen LogP contribution in [0.3, 0.4) is 0 Å². The van der Waals surface area contributed by atoms with Gasteiger partial charge in [-0.1, -0.05) is 36.4 Å². The molecule has 23 heavy (non-hydrogen) atoms. The molecule has 1 amide bonds. The molecule has 3 aromatic rings. The van der Waals surface area contributed by atoms with E-state index in [1.807, 2.05) is 24.3 Å². The van der Waals surface area contributed by atoms with Crippen LogP contribution in [0.25, 0.3) is 10.8 Å². The van der Waals surface area contributed by atoms with Crippen LogP contribution in [-0.2, 0) is 0 Å². The van der Waals surface area contributed by atoms with E-state index in [1.165, 1.54) is 24.4 Å². The van der Waals surface area contributed by atoms with E-state index in [4.69, 9.17) is 0 Å². The van der Waals surface area contributed by atoms with Crippen molar-refractivity contribution in [2.45, 2.75) is 0 Å². The third kappa shape index (κ3) is 3.35. The van der Waals surface area contributed by atoms with Crippen molar-refractivity contribution in [2.24, 2.45) is 5.10 Å². The van der Waals surface area contributed by atoms with E-state index >= 15 is 0 Å². The van der Waals surface area contributed by atoms with E-state index in [1.54, 1.807) is 18.2 Å². The van der Waals surface area contributed by atoms with Crippen LogP contribution in [-0.4, -0.2) is 17.2 Å². The van der Waals surface area contributed by atoms with Gasteiger partial charge < -0.3 is 5.11 Å². The van der Waals surface area contributed by atoms with E-state index in [-0.39, 0.29) is 17.1 Å². The quantitative estimate of drug-likeness (QED) is 0.575. The Morgan fingerprint density at radius 1 is 1.04 bits per heavy atom. The Balaban J connectivity index is 1.79. The average molecular weight is 308 g/mol. The molecule has 0 aliphatic carbocycles. The minimum atomic E-state index is -0.541. The van der Waals surface area contributed by atoms with Crippen LogP contribution in [0.5, 0.6) is 5.75 Å². The molecule has 0 fully saturated rings. The summed E-state index contributed by atoms with van der Waals surface area (Å²) in [4.78, 5) is 12.1. The number of halogens is 1. The van der Waals surface area contributed by atoms with Crippen LogP contribution in [0.4, 0.5) is 4.39 Å². The van der Waals surface area contributed by atoms with Crippen molar-refractivity contribution in [1.29, 1.82) is 0 Å². The van der Waals surface area contributed by atoms with Crippen molar-refractivity contribution in [3.63, 3.8) is 0 Å². The predicted molar refractivity (Wildman–Crippen MR) is 87.1 cm³/mol. The Morgan fingerprint density at radius 3 is 2.52 bits per heavy atom. The molecule has 0 spiro atoms. The van der Waals surface area contributed by atoms with E-state index in [9.17, 15) is 14.3 Å². The molecular weight excluding hydrogens is 295 g/mol. The van der Waals surface area contributed by atoms with Gasteiger partial charge in [0.1, 0.15) is 11.6 Å². The van der Waals surface area contributed by atoms with Crippen molar-refractivity contribution >= 4 is 22.9 Å². The summed E-state index contributed by atoms with van der Waals surface area (Å²) < 4.78 is 13.0. The highest BCUT2D eigenvalue weighted by molar-refractivity contribution is 6.01. The number of fused-ring (bicyclic) bond motifs is 1. The summed E-state index contributed by atoms with van der Waals surface area (Å²) in [5.74, 6) is -1.05. The number of carbonyl (C=O) groups excluding carboxylic acids is 1. The number of amides is 1. The number of phenolic OH excluding ortho intramolecular Hbond substituents is 1. The van der Waals surface area contributed by atoms with Gasteiger partial charge in [-0.3, -0.25) is 4.79 Å². The number of nitrogens with one attached hydrogen (secondary N) is 1. The Labute approximate surface area is 131 Å². The highest BCUT2D eigenvalue weighted by atomic mass is 19.1. The van der Waals surface area contributed by atoms with Gasteiger partial charge in [-0.05, 0) is 40.6 Å². The highest BCUT2D eigenvalue weighted by Crippen LogP contribution is 2.24. The van der Waals surface area contributed by atoms with E-state index in [0.29, 0.717) is 5.56 Å². The maximum Gasteiger partial charge on any atom is 0.275 e. The Kier molecular flexibility index (Phi) is 4.01. The monoisotopic (exact) mass is 308 g/mol. The van der Waals surface area contributed by atoms with Crippen molar-refractivity contribution in [2.75, 3.05) is 0 Å². The summed E-state index contributed by atoms with van der Waals surface area (Å²) in [5.41, 5.74) is 2.97. The number of rotatable bonds is 3. The number of nitrogens with zero attached hydrogens (tertiary/aromatic N) is 1. The second kappa shape index (κ2) is 6.27. The molecule has 0 aliphatic rings. The number of benzene rings is 3. The lowest BCUT2D eigenvalue weighted by Crippen LogP contribution is -2.17. The van der Waals surface area contributed by atoms with Gasteiger partial charge in [0.15, 0.2) is 0 Å². The summed E-state index contributed by atoms with van der Waals surface area (Å²) >= 11 is 0. The van der Waals surface area contributed by atoms with Crippen molar-refractivity contribution < 1.29 is 14.3 Å². The zero-order valence-corrected chi connectivity index (χ0v) is 12.0. The molecule has 0 aromatic heterocycles. The second-order valence-electron chi connectivity index (χ2n) is 4.97. The minimum Gasteiger partial charge on any atom is -0.507 e. The van der Waals surface area contributed by atoms with E-state index < -0.39 is 5.91 Å². The third-order valence-electron chi connectivity index (χ3n) is 3.34. The average Bonchev–Trinajstić information content (AvgIpc) is 2.54. The first kappa shape index (κ1) is 14.7. The molecule has 0 aliphatic heterocycles. The molecule has 0 saturated heterocycles. The molecule has 2 N–H and O–H groups in total. The summed E-state index contributed by atoms with van der Waals surface area (Å²) in [6.07, 6.45) is 1.33. The normalized spacial score (nSPS) is 11.0. The minimum absolute atomic E-state index is 0.123. The van der Waals surface area contributed by atoms with Gasteiger partial charge in [0.25, 0.3) is 5.91 Å². The van der Waals surface area contributed by atoms with Gasteiger partial charge in [-0.25, -0.2) is 9.82 Å². The maximum atomic E-state index is 13.0. The molecular formula is C18H13FN2O2. The van der Waals surface area contributed by atoms with Crippen LogP contribution in [0.2, 0.25) is 0 Å². The lowest BCUT2D eigenvalue weighted by atomic mass is 10.1.